The molecule has 1 aliphatic carbocycles. The van der Waals surface area contributed by atoms with Gasteiger partial charge in [0.1, 0.15) is 23.2 Å². The van der Waals surface area contributed by atoms with E-state index in [0.29, 0.717) is 43.4 Å². The van der Waals surface area contributed by atoms with E-state index in [1.165, 1.54) is 12.1 Å². The summed E-state index contributed by atoms with van der Waals surface area (Å²) in [5.41, 5.74) is 2.10. The van der Waals surface area contributed by atoms with Crippen LogP contribution in [-0.4, -0.2) is 63.8 Å². The number of aromatic nitrogens is 4. The number of hydrogen-bond acceptors (Lipinski definition) is 6. The van der Waals surface area contributed by atoms with Crippen LogP contribution in [0.25, 0.3) is 16.7 Å². The highest BCUT2D eigenvalue weighted by Crippen LogP contribution is 2.40. The third-order valence-corrected chi connectivity index (χ3v) is 6.62. The van der Waals surface area contributed by atoms with Gasteiger partial charge in [0.25, 0.3) is 5.91 Å². The minimum atomic E-state index is -0.291. The van der Waals surface area contributed by atoms with E-state index in [4.69, 9.17) is 14.7 Å². The first-order chi connectivity index (χ1) is 17.1. The monoisotopic (exact) mass is 472 g/mol. The third kappa shape index (κ3) is 4.07. The molecule has 0 radical (unpaired) electrons. The van der Waals surface area contributed by atoms with Gasteiger partial charge in [-0.2, -0.15) is 5.10 Å². The Hall–Kier alpha value is -4.01. The highest BCUT2D eigenvalue weighted by molar-refractivity contribution is 5.95. The van der Waals surface area contributed by atoms with Gasteiger partial charge in [0.05, 0.1) is 24.4 Å². The van der Waals surface area contributed by atoms with Gasteiger partial charge in [-0.15, -0.1) is 0 Å². The first-order valence-corrected chi connectivity index (χ1v) is 11.8. The van der Waals surface area contributed by atoms with Gasteiger partial charge in [-0.1, -0.05) is 6.07 Å². The molecule has 0 N–H and O–H groups in total. The van der Waals surface area contributed by atoms with Gasteiger partial charge in [-0.3, -0.25) is 4.79 Å². The number of hydrogen-bond donors (Lipinski definition) is 0. The summed E-state index contributed by atoms with van der Waals surface area (Å²) in [5, 5.41) is 5.41. The molecule has 35 heavy (non-hydrogen) atoms. The molecule has 2 aromatic heterocycles. The number of carbonyl (C=O) groups is 1. The molecule has 3 heterocycles. The van der Waals surface area contributed by atoms with Crippen LogP contribution >= 0.6 is 0 Å². The molecule has 2 fully saturated rings. The lowest BCUT2D eigenvalue weighted by Crippen LogP contribution is -2.49. The van der Waals surface area contributed by atoms with Crippen molar-refractivity contribution < 1.29 is 13.9 Å². The second-order valence-electron chi connectivity index (χ2n) is 8.96. The smallest absolute Gasteiger partial charge is 0.254 e. The minimum Gasteiger partial charge on any atom is -0.497 e. The predicted molar refractivity (Wildman–Crippen MR) is 130 cm³/mol. The highest BCUT2D eigenvalue weighted by atomic mass is 19.1. The highest BCUT2D eigenvalue weighted by Gasteiger charge is 2.31. The number of carbonyl (C=O) groups excluding carboxylic acids is 1. The number of amides is 1. The summed E-state index contributed by atoms with van der Waals surface area (Å²) in [6.07, 6.45) is 3.94. The topological polar surface area (TPSA) is 76.4 Å². The summed E-state index contributed by atoms with van der Waals surface area (Å²) in [6.45, 7) is 2.50. The summed E-state index contributed by atoms with van der Waals surface area (Å²) >= 11 is 0. The molecule has 1 saturated heterocycles. The fourth-order valence-electron chi connectivity index (χ4n) is 4.51. The summed E-state index contributed by atoms with van der Waals surface area (Å²) in [4.78, 5) is 26.9. The lowest BCUT2D eigenvalue weighted by Gasteiger charge is -2.35. The molecule has 2 aromatic carbocycles. The van der Waals surface area contributed by atoms with E-state index in [1.54, 1.807) is 36.2 Å². The van der Waals surface area contributed by atoms with Gasteiger partial charge < -0.3 is 14.5 Å². The normalized spacial score (nSPS) is 16.1. The molecular weight excluding hydrogens is 447 g/mol. The summed E-state index contributed by atoms with van der Waals surface area (Å²) in [7, 11) is 1.60. The molecule has 0 atom stereocenters. The van der Waals surface area contributed by atoms with Crippen LogP contribution in [0.2, 0.25) is 0 Å². The van der Waals surface area contributed by atoms with Crippen LogP contribution in [0.5, 0.6) is 5.75 Å². The Balaban J connectivity index is 1.28. The zero-order chi connectivity index (χ0) is 23.9. The number of methoxy groups -OCH3 is 1. The number of fused-ring (bicyclic) bond motifs is 1. The van der Waals surface area contributed by atoms with E-state index in [1.807, 2.05) is 23.1 Å². The molecule has 9 heteroatoms. The number of ether oxygens (including phenoxy) is 1. The second-order valence-corrected chi connectivity index (χ2v) is 8.96. The van der Waals surface area contributed by atoms with Crippen LogP contribution in [0.1, 0.15) is 34.9 Å². The molecule has 0 bridgehead atoms. The zero-order valence-corrected chi connectivity index (χ0v) is 19.4. The Bertz CT molecular complexity index is 1390. The zero-order valence-electron chi connectivity index (χ0n) is 19.4. The van der Waals surface area contributed by atoms with E-state index >= 15 is 0 Å². The molecule has 0 spiro atoms. The Morgan fingerprint density at radius 2 is 1.80 bits per heavy atom. The number of anilines is 1. The SMILES string of the molecule is COc1cccc(C(=O)N2CCN(c3nc(C4CC4)nc4c3cnn4-c3ccc(F)cc3)CC2)c1. The van der Waals surface area contributed by atoms with Gasteiger partial charge in [0.15, 0.2) is 5.65 Å². The number of benzene rings is 2. The van der Waals surface area contributed by atoms with E-state index < -0.39 is 0 Å². The fraction of sp³-hybridized carbons (Fsp3) is 0.308. The van der Waals surface area contributed by atoms with Crippen molar-refractivity contribution >= 4 is 22.8 Å². The van der Waals surface area contributed by atoms with Gasteiger partial charge in [-0.25, -0.2) is 19.0 Å². The maximum atomic E-state index is 13.5. The average molecular weight is 473 g/mol. The number of nitrogens with zero attached hydrogens (tertiary/aromatic N) is 6. The third-order valence-electron chi connectivity index (χ3n) is 6.62. The van der Waals surface area contributed by atoms with E-state index in [0.717, 1.165) is 41.2 Å². The molecule has 178 valence electrons. The molecule has 6 rings (SSSR count). The molecule has 8 nitrogen and oxygen atoms in total. The molecule has 4 aromatic rings. The van der Waals surface area contributed by atoms with Gasteiger partial charge in [-0.05, 0) is 55.3 Å². The van der Waals surface area contributed by atoms with Crippen molar-refractivity contribution in [3.8, 4) is 11.4 Å². The molecule has 1 amide bonds. The molecule has 2 aliphatic rings. The summed E-state index contributed by atoms with van der Waals surface area (Å²) < 4.78 is 20.5. The van der Waals surface area contributed by atoms with Crippen LogP contribution in [0.15, 0.2) is 54.7 Å². The van der Waals surface area contributed by atoms with Crippen molar-refractivity contribution in [1.29, 1.82) is 0 Å². The van der Waals surface area contributed by atoms with Gasteiger partial charge >= 0.3 is 0 Å². The Morgan fingerprint density at radius 3 is 2.51 bits per heavy atom. The van der Waals surface area contributed by atoms with Crippen molar-refractivity contribution in [2.24, 2.45) is 0 Å². The van der Waals surface area contributed by atoms with Gasteiger partial charge in [0, 0.05) is 37.7 Å². The number of rotatable bonds is 5. The maximum Gasteiger partial charge on any atom is 0.254 e. The largest absolute Gasteiger partial charge is 0.497 e. The van der Waals surface area contributed by atoms with Crippen molar-refractivity contribution in [1.82, 2.24) is 24.6 Å². The molecular formula is C26H25FN6O2. The molecule has 1 saturated carbocycles. The van der Waals surface area contributed by atoms with E-state index in [-0.39, 0.29) is 11.7 Å². The van der Waals surface area contributed by atoms with Crippen molar-refractivity contribution in [3.05, 3.63) is 71.9 Å². The van der Waals surface area contributed by atoms with Crippen LogP contribution in [-0.2, 0) is 0 Å². The Morgan fingerprint density at radius 1 is 1.03 bits per heavy atom. The number of piperazine rings is 1. The number of halogens is 1. The maximum absolute atomic E-state index is 13.5. The average Bonchev–Trinajstić information content (AvgIpc) is 3.67. The van der Waals surface area contributed by atoms with Crippen molar-refractivity contribution in [2.45, 2.75) is 18.8 Å². The van der Waals surface area contributed by atoms with Crippen LogP contribution in [0.4, 0.5) is 10.2 Å². The van der Waals surface area contributed by atoms with E-state index in [2.05, 4.69) is 10.00 Å². The van der Waals surface area contributed by atoms with Crippen LogP contribution in [0, 0.1) is 5.82 Å². The lowest BCUT2D eigenvalue weighted by atomic mass is 10.1. The Labute approximate surface area is 202 Å². The summed E-state index contributed by atoms with van der Waals surface area (Å²) in [6, 6.07) is 13.5. The summed E-state index contributed by atoms with van der Waals surface area (Å²) in [5.74, 6) is 2.42. The predicted octanol–water partition coefficient (Wildman–Crippen LogP) is 3.80. The first-order valence-electron chi connectivity index (χ1n) is 11.8. The van der Waals surface area contributed by atoms with Crippen LogP contribution in [0.3, 0.4) is 0 Å². The van der Waals surface area contributed by atoms with Crippen molar-refractivity contribution in [3.63, 3.8) is 0 Å². The lowest BCUT2D eigenvalue weighted by molar-refractivity contribution is 0.0746. The Kier molecular flexibility index (Phi) is 5.32. The van der Waals surface area contributed by atoms with Crippen LogP contribution < -0.4 is 9.64 Å². The van der Waals surface area contributed by atoms with Crippen molar-refractivity contribution in [2.75, 3.05) is 38.2 Å². The quantitative estimate of drug-likeness (QED) is 0.440. The molecule has 1 aliphatic heterocycles. The second kappa shape index (κ2) is 8.65. The first kappa shape index (κ1) is 21.5. The fourth-order valence-corrected chi connectivity index (χ4v) is 4.51. The van der Waals surface area contributed by atoms with E-state index in [9.17, 15) is 9.18 Å². The standard InChI is InChI=1S/C26H25FN6O2/c1-35-21-4-2-3-18(15-21)26(34)32-13-11-31(12-14-32)24-22-16-28-33(20-9-7-19(27)8-10-20)25(22)30-23(29-24)17-5-6-17/h2-4,7-10,15-17H,5-6,11-14H2,1H3. The molecule has 0 unspecified atom stereocenters. The minimum absolute atomic E-state index is 0.000756. The van der Waals surface area contributed by atoms with Gasteiger partial charge in [0.2, 0.25) is 0 Å².